The van der Waals surface area contributed by atoms with Crippen molar-refractivity contribution in [3.05, 3.63) is 52.6 Å². The van der Waals surface area contributed by atoms with E-state index < -0.39 is 109 Å². The maximum absolute atomic E-state index is 13.2. The number of aliphatic hydroxyl groups is 1. The van der Waals surface area contributed by atoms with E-state index in [0.29, 0.717) is 5.69 Å². The number of nitrogens with zero attached hydrogens (tertiary/aromatic N) is 1. The van der Waals surface area contributed by atoms with Gasteiger partial charge in [0.1, 0.15) is 5.60 Å². The number of allylic oxidation sites excluding steroid dienone is 4. The monoisotopic (exact) mass is 447 g/mol. The summed E-state index contributed by atoms with van der Waals surface area (Å²) in [6.07, 6.45) is -24.3. The molecule has 0 amide bonds. The third-order valence-electron chi connectivity index (χ3n) is 6.25. The van der Waals surface area contributed by atoms with Crippen LogP contribution in [0.5, 0.6) is 0 Å². The molecule has 3 nitrogen and oxygen atoms in total. The molecule has 168 valence electrons. The van der Waals surface area contributed by atoms with Gasteiger partial charge in [0.05, 0.1) is 1.37 Å². The predicted molar refractivity (Wildman–Crippen MR) is 129 cm³/mol. The van der Waals surface area contributed by atoms with E-state index in [1.165, 1.54) is 24.3 Å². The molecule has 0 radical (unpaired) electrons. The van der Waals surface area contributed by atoms with Crippen molar-refractivity contribution in [1.82, 2.24) is 0 Å². The van der Waals surface area contributed by atoms with Gasteiger partial charge in [0.2, 0.25) is 0 Å². The Bertz CT molecular complexity index is 1820. The number of fused-ring (bicyclic) bond motifs is 4. The summed E-state index contributed by atoms with van der Waals surface area (Å²) in [5.74, 6) is -7.42. The minimum absolute atomic E-state index is 0.318. The van der Waals surface area contributed by atoms with Crippen molar-refractivity contribution in [3.63, 3.8) is 0 Å². The second-order valence-corrected chi connectivity index (χ2v) is 8.35. The molecule has 1 N–H and O–H groups in total. The molecule has 0 aliphatic heterocycles. The van der Waals surface area contributed by atoms with Crippen molar-refractivity contribution in [3.8, 4) is 11.8 Å². The van der Waals surface area contributed by atoms with E-state index in [2.05, 4.69) is 11.8 Å². The van der Waals surface area contributed by atoms with Gasteiger partial charge in [0.15, 0.2) is 5.78 Å². The zero-order valence-corrected chi connectivity index (χ0v) is 17.9. The first kappa shape index (κ1) is 9.15. The van der Waals surface area contributed by atoms with Crippen molar-refractivity contribution in [2.24, 2.45) is 17.2 Å². The molecule has 5 rings (SSSR count). The quantitative estimate of drug-likeness (QED) is 0.617. The van der Waals surface area contributed by atoms with Gasteiger partial charge < -0.3 is 10.0 Å². The third kappa shape index (κ3) is 3.11. The largest absolute Gasteiger partial charge is 0.378 e. The van der Waals surface area contributed by atoms with Crippen LogP contribution in [0.2, 0.25) is 0 Å². The van der Waals surface area contributed by atoms with Crippen molar-refractivity contribution in [2.75, 3.05) is 19.0 Å². The Kier molecular flexibility index (Phi) is 2.18. The van der Waals surface area contributed by atoms with Crippen molar-refractivity contribution < 1.29 is 34.6 Å². The van der Waals surface area contributed by atoms with Gasteiger partial charge in [-0.25, -0.2) is 0 Å². The molecule has 0 aromatic heterocycles. The topological polar surface area (TPSA) is 40.5 Å². The summed E-state index contributed by atoms with van der Waals surface area (Å²) in [5, 5.41) is 12.4. The van der Waals surface area contributed by atoms with Crippen LogP contribution in [0, 0.1) is 29.1 Å². The number of anilines is 1. The predicted octanol–water partition coefficient (Wildman–Crippen LogP) is 5.41. The van der Waals surface area contributed by atoms with Crippen LogP contribution in [0.1, 0.15) is 94.6 Å². The van der Waals surface area contributed by atoms with E-state index in [9.17, 15) is 15.4 Å². The molecule has 4 aliphatic rings. The third-order valence-corrected chi connectivity index (χ3v) is 6.25. The minimum atomic E-state index is -4.02. The van der Waals surface area contributed by atoms with E-state index >= 15 is 0 Å². The fourth-order valence-corrected chi connectivity index (χ4v) is 4.59. The maximum Gasteiger partial charge on any atom is 0.156 e. The molecular weight excluding hydrogens is 394 g/mol. The zero-order chi connectivity index (χ0) is 38.6. The summed E-state index contributed by atoms with van der Waals surface area (Å²) in [5.41, 5.74) is -10.7. The van der Waals surface area contributed by atoms with Crippen LogP contribution in [0.15, 0.2) is 47.0 Å². The summed E-state index contributed by atoms with van der Waals surface area (Å²) < 4.78 is 163. The first-order chi connectivity index (χ1) is 22.2. The van der Waals surface area contributed by atoms with Crippen molar-refractivity contribution >= 4 is 11.5 Å². The molecule has 3 heteroatoms. The molecule has 0 saturated heterocycles. The Balaban J connectivity index is 2.20. The molecule has 2 fully saturated rings. The first-order valence-electron chi connectivity index (χ1n) is 19.2. The molecule has 0 bridgehead atoms. The van der Waals surface area contributed by atoms with Gasteiger partial charge >= 0.3 is 0 Å². The summed E-state index contributed by atoms with van der Waals surface area (Å²) in [6, 6.07) is 3.80. The lowest BCUT2D eigenvalue weighted by Crippen LogP contribution is -2.51. The smallest absolute Gasteiger partial charge is 0.156 e. The molecule has 5 atom stereocenters. The van der Waals surface area contributed by atoms with Crippen molar-refractivity contribution in [2.45, 2.75) is 69.9 Å². The fraction of sp³-hybridized carbons (Fsp3) is 0.552. The van der Waals surface area contributed by atoms with E-state index in [4.69, 9.17) is 19.2 Å². The number of hydrogen-bond acceptors (Lipinski definition) is 3. The lowest BCUT2D eigenvalue weighted by Gasteiger charge is -2.53. The molecule has 4 aliphatic carbocycles. The van der Waals surface area contributed by atoms with Gasteiger partial charge in [0, 0.05) is 60.8 Å². The van der Waals surface area contributed by atoms with E-state index in [-0.39, 0.29) is 5.56 Å². The lowest BCUT2D eigenvalue weighted by atomic mass is 9.51. The first-order valence-corrected chi connectivity index (χ1v) is 10.2. The summed E-state index contributed by atoms with van der Waals surface area (Å²) in [7, 11) is 3.32. The Morgan fingerprint density at radius 3 is 2.72 bits per heavy atom. The van der Waals surface area contributed by atoms with E-state index in [0.717, 1.165) is 6.92 Å². The van der Waals surface area contributed by atoms with Gasteiger partial charge in [-0.1, -0.05) is 30.5 Å². The second-order valence-electron chi connectivity index (χ2n) is 8.35. The van der Waals surface area contributed by atoms with Crippen LogP contribution in [0.25, 0.3) is 0 Å². The highest BCUT2D eigenvalue weighted by atomic mass is 16.3. The number of carbonyl (C=O) groups is 1. The number of hydrogen-bond donors (Lipinski definition) is 1. The minimum Gasteiger partial charge on any atom is -0.378 e. The highest BCUT2D eigenvalue weighted by Gasteiger charge is 2.62. The molecule has 0 unspecified atom stereocenters. The number of ketones is 1. The fourth-order valence-electron chi connectivity index (χ4n) is 4.59. The highest BCUT2D eigenvalue weighted by Crippen LogP contribution is 2.66. The molecule has 1 aromatic rings. The van der Waals surface area contributed by atoms with Crippen LogP contribution >= 0.6 is 0 Å². The molecule has 2 saturated carbocycles. The summed E-state index contributed by atoms with van der Waals surface area (Å²) >= 11 is 0. The molecule has 0 spiro atoms. The molecule has 1 aromatic carbocycles. The van der Waals surface area contributed by atoms with E-state index in [1.807, 2.05) is 0 Å². The number of benzene rings is 1. The number of carbonyl (C=O) groups excluding carboxylic acids is 1. The van der Waals surface area contributed by atoms with Gasteiger partial charge in [0.25, 0.3) is 0 Å². The summed E-state index contributed by atoms with van der Waals surface area (Å²) in [6.45, 7) is -2.70. The Morgan fingerprint density at radius 1 is 1.25 bits per heavy atom. The lowest BCUT2D eigenvalue weighted by molar-refractivity contribution is -0.114. The average Bonchev–Trinajstić information content (AvgIpc) is 3.07. The molecule has 0 heterocycles. The van der Waals surface area contributed by atoms with Gasteiger partial charge in [-0.2, -0.15) is 0 Å². The standard InChI is InChI=1S/C29H35NO2/c1-5-15-29(32)16-14-26-24-12-8-20-17-22(31)11-13-23(20)27(24)25(18-28(26,29)2)19-6-9-21(10-7-19)30(3)4/h6-7,9-10,17,24-26,32H,8,11-14,16,18H2,1-4H3/t24-,25+,26-,28-,29-/m0/s1/i2D3,8D2,11D2,12D2,13D2,14D2,16D2,17D,24D,25D. The second kappa shape index (κ2) is 7.63. The van der Waals surface area contributed by atoms with Crippen LogP contribution in [0.4, 0.5) is 5.69 Å². The van der Waals surface area contributed by atoms with E-state index in [1.54, 1.807) is 19.0 Å². The SMILES string of the molecule is [2H]C1=C2C(=C3[C@@]([2H])(c4ccc(N(C)C)cc4)C[C@@]4(C([2H])([2H])[2H])[C@@H](C([2H])([2H])C([2H])([2H])[C@@]4(O)C#CC)[C@]3([2H])C([2H])([2H])C2([2H])[2H])C([2H])([2H])C([2H])([2H])C1=O. The molecule has 32 heavy (non-hydrogen) atoms. The number of rotatable bonds is 2. The van der Waals surface area contributed by atoms with Crippen molar-refractivity contribution in [1.29, 1.82) is 0 Å². The normalized spacial score (nSPS) is 58.9. The van der Waals surface area contributed by atoms with Gasteiger partial charge in [-0.05, 0) is 91.9 Å². The van der Waals surface area contributed by atoms with Crippen LogP contribution in [-0.4, -0.2) is 30.6 Å². The molecular formula is C29H35NO2. The van der Waals surface area contributed by atoms with Gasteiger partial charge in [-0.3, -0.25) is 4.79 Å². The Morgan fingerprint density at radius 2 is 2.03 bits per heavy atom. The summed E-state index contributed by atoms with van der Waals surface area (Å²) in [4.78, 5) is 14.8. The highest BCUT2D eigenvalue weighted by molar-refractivity contribution is 5.93. The zero-order valence-electron chi connectivity index (χ0n) is 35.9. The average molecular weight is 448 g/mol. The van der Waals surface area contributed by atoms with Crippen LogP contribution in [-0.2, 0) is 4.79 Å². The maximum atomic E-state index is 13.2. The Hall–Kier alpha value is -2.31. The van der Waals surface area contributed by atoms with Crippen LogP contribution < -0.4 is 4.90 Å². The Labute approximate surface area is 217 Å². The van der Waals surface area contributed by atoms with Gasteiger partial charge in [-0.15, -0.1) is 5.92 Å². The van der Waals surface area contributed by atoms with Crippen LogP contribution in [0.3, 0.4) is 0 Å².